The lowest BCUT2D eigenvalue weighted by Crippen LogP contribution is -1.99. The van der Waals surface area contributed by atoms with Gasteiger partial charge < -0.3 is 9.84 Å². The fourth-order valence-electron chi connectivity index (χ4n) is 1.48. The van der Waals surface area contributed by atoms with Crippen LogP contribution in [0.1, 0.15) is 10.4 Å². The number of aromatic carboxylic acids is 1. The van der Waals surface area contributed by atoms with Gasteiger partial charge in [-0.1, -0.05) is 11.6 Å². The Bertz CT molecular complexity index is 692. The van der Waals surface area contributed by atoms with Gasteiger partial charge in [-0.25, -0.2) is 9.78 Å². The number of hydrogen-bond donors (Lipinski definition) is 1. The van der Waals surface area contributed by atoms with E-state index in [4.69, 9.17) is 21.4 Å². The van der Waals surface area contributed by atoms with E-state index in [-0.39, 0.29) is 39.0 Å². The van der Waals surface area contributed by atoms with Gasteiger partial charge in [0.05, 0.1) is 5.56 Å². The fourth-order valence-corrected chi connectivity index (χ4v) is 2.22. The summed E-state index contributed by atoms with van der Waals surface area (Å²) in [6.45, 7) is 0. The molecule has 1 heterocycles. The molecule has 4 nitrogen and oxygen atoms in total. The lowest BCUT2D eigenvalue weighted by atomic mass is 10.3. The van der Waals surface area contributed by atoms with Crippen LogP contribution in [0.25, 0.3) is 0 Å². The summed E-state index contributed by atoms with van der Waals surface area (Å²) < 4.78 is 41.9. The number of thioether (sulfide) groups is 1. The van der Waals surface area contributed by atoms with Crippen LogP contribution in [0.5, 0.6) is 11.6 Å². The molecule has 0 amide bonds. The molecule has 9 heteroatoms. The maximum atomic E-state index is 12.2. The SMILES string of the molecule is O=C(O)c1cc(Cl)nc(Oc2ccc(SC(F)(F)F)cc2)c1. The molecule has 0 bridgehead atoms. The molecular formula is C13H7ClF3NO3S. The monoisotopic (exact) mass is 349 g/mol. The maximum Gasteiger partial charge on any atom is 0.446 e. The summed E-state index contributed by atoms with van der Waals surface area (Å²) in [7, 11) is 0. The lowest BCUT2D eigenvalue weighted by molar-refractivity contribution is -0.0328. The third kappa shape index (κ3) is 4.81. The predicted molar refractivity (Wildman–Crippen MR) is 74.6 cm³/mol. The zero-order chi connectivity index (χ0) is 16.3. The van der Waals surface area contributed by atoms with Crippen molar-refractivity contribution in [2.75, 3.05) is 0 Å². The smallest absolute Gasteiger partial charge is 0.446 e. The van der Waals surface area contributed by atoms with Crippen LogP contribution < -0.4 is 4.74 Å². The van der Waals surface area contributed by atoms with Gasteiger partial charge in [-0.3, -0.25) is 0 Å². The molecule has 0 fully saturated rings. The first-order valence-electron chi connectivity index (χ1n) is 5.67. The van der Waals surface area contributed by atoms with Gasteiger partial charge in [0.15, 0.2) is 0 Å². The fraction of sp³-hybridized carbons (Fsp3) is 0.0769. The normalized spacial score (nSPS) is 11.3. The van der Waals surface area contributed by atoms with E-state index >= 15 is 0 Å². The summed E-state index contributed by atoms with van der Waals surface area (Å²) in [5.74, 6) is -1.06. The Kier molecular flexibility index (Phi) is 4.82. The minimum Gasteiger partial charge on any atom is -0.478 e. The van der Waals surface area contributed by atoms with Crippen LogP contribution in [0.4, 0.5) is 13.2 Å². The second-order valence-corrected chi connectivity index (χ2v) is 5.47. The summed E-state index contributed by atoms with van der Waals surface area (Å²) in [6, 6.07) is 7.41. The first-order valence-corrected chi connectivity index (χ1v) is 6.87. The van der Waals surface area contributed by atoms with Crippen molar-refractivity contribution in [2.45, 2.75) is 10.4 Å². The van der Waals surface area contributed by atoms with Crippen LogP contribution >= 0.6 is 23.4 Å². The van der Waals surface area contributed by atoms with E-state index in [9.17, 15) is 18.0 Å². The van der Waals surface area contributed by atoms with E-state index in [0.29, 0.717) is 0 Å². The number of halogens is 4. The van der Waals surface area contributed by atoms with E-state index in [2.05, 4.69) is 4.98 Å². The average molecular weight is 350 g/mol. The quantitative estimate of drug-likeness (QED) is 0.632. The molecule has 2 rings (SSSR count). The molecule has 2 aromatic rings. The van der Waals surface area contributed by atoms with E-state index in [1.54, 1.807) is 0 Å². The topological polar surface area (TPSA) is 59.4 Å². The standard InChI is InChI=1S/C13H7ClF3NO3S/c14-10-5-7(12(19)20)6-11(18-10)21-8-1-3-9(4-2-8)22-13(15,16)17/h1-6H,(H,19,20). The van der Waals surface area contributed by atoms with Crippen molar-refractivity contribution in [3.63, 3.8) is 0 Å². The van der Waals surface area contributed by atoms with Gasteiger partial charge in [0.1, 0.15) is 10.9 Å². The Morgan fingerprint density at radius 1 is 1.23 bits per heavy atom. The number of pyridine rings is 1. The maximum absolute atomic E-state index is 12.2. The second kappa shape index (κ2) is 6.45. The predicted octanol–water partition coefficient (Wildman–Crippen LogP) is 4.84. The highest BCUT2D eigenvalue weighted by Crippen LogP contribution is 2.37. The second-order valence-electron chi connectivity index (χ2n) is 3.94. The number of alkyl halides is 3. The third-order valence-corrected chi connectivity index (χ3v) is 3.23. The zero-order valence-electron chi connectivity index (χ0n) is 10.6. The summed E-state index contributed by atoms with van der Waals surface area (Å²) in [5.41, 5.74) is -4.48. The third-order valence-electron chi connectivity index (χ3n) is 2.30. The van der Waals surface area contributed by atoms with E-state index < -0.39 is 11.5 Å². The molecule has 0 aliphatic carbocycles. The molecule has 22 heavy (non-hydrogen) atoms. The number of carboxylic acids is 1. The Labute approximate surface area is 131 Å². The number of rotatable bonds is 4. The van der Waals surface area contributed by atoms with Crippen molar-refractivity contribution < 1.29 is 27.8 Å². The summed E-state index contributed by atoms with van der Waals surface area (Å²) in [5, 5.41) is 8.82. The Morgan fingerprint density at radius 3 is 2.41 bits per heavy atom. The first kappa shape index (κ1) is 16.4. The minimum absolute atomic E-state index is 0.00475. The minimum atomic E-state index is -4.37. The number of hydrogen-bond acceptors (Lipinski definition) is 4. The van der Waals surface area contributed by atoms with Gasteiger partial charge in [-0.05, 0) is 42.1 Å². The van der Waals surface area contributed by atoms with Crippen LogP contribution in [0, 0.1) is 0 Å². The van der Waals surface area contributed by atoms with Gasteiger partial charge in [0.2, 0.25) is 5.88 Å². The molecule has 0 spiro atoms. The Morgan fingerprint density at radius 2 is 1.86 bits per heavy atom. The van der Waals surface area contributed by atoms with E-state index in [1.807, 2.05) is 0 Å². The van der Waals surface area contributed by atoms with Crippen LogP contribution in [-0.2, 0) is 0 Å². The van der Waals surface area contributed by atoms with Crippen molar-refractivity contribution in [1.82, 2.24) is 4.98 Å². The van der Waals surface area contributed by atoms with Crippen LogP contribution in [0.3, 0.4) is 0 Å². The van der Waals surface area contributed by atoms with Crippen LogP contribution in [0.15, 0.2) is 41.3 Å². The van der Waals surface area contributed by atoms with Gasteiger partial charge in [-0.2, -0.15) is 13.2 Å². The van der Waals surface area contributed by atoms with Crippen LogP contribution in [-0.4, -0.2) is 21.6 Å². The molecule has 116 valence electrons. The van der Waals surface area contributed by atoms with E-state index in [0.717, 1.165) is 12.1 Å². The van der Waals surface area contributed by atoms with Crippen molar-refractivity contribution in [1.29, 1.82) is 0 Å². The molecule has 0 aliphatic rings. The highest BCUT2D eigenvalue weighted by atomic mass is 35.5. The molecule has 1 N–H and O–H groups in total. The summed E-state index contributed by atoms with van der Waals surface area (Å²) >= 11 is 5.43. The average Bonchev–Trinajstić information content (AvgIpc) is 2.38. The number of nitrogens with zero attached hydrogens (tertiary/aromatic N) is 1. The number of carboxylic acid groups (broad SMARTS) is 1. The number of benzene rings is 1. The Balaban J connectivity index is 2.16. The summed E-state index contributed by atoms with van der Waals surface area (Å²) in [6.07, 6.45) is 0. The first-order chi connectivity index (χ1) is 10.2. The van der Waals surface area contributed by atoms with Crippen molar-refractivity contribution in [3.05, 3.63) is 47.1 Å². The summed E-state index contributed by atoms with van der Waals surface area (Å²) in [4.78, 5) is 14.7. The number of carbonyl (C=O) groups is 1. The zero-order valence-corrected chi connectivity index (χ0v) is 12.2. The highest BCUT2D eigenvalue weighted by Gasteiger charge is 2.29. The van der Waals surface area contributed by atoms with Crippen LogP contribution in [0.2, 0.25) is 5.15 Å². The molecule has 0 saturated carbocycles. The van der Waals surface area contributed by atoms with Gasteiger partial charge >= 0.3 is 11.5 Å². The number of aromatic nitrogens is 1. The molecule has 1 aromatic heterocycles. The lowest BCUT2D eigenvalue weighted by Gasteiger charge is -2.08. The molecule has 0 saturated heterocycles. The van der Waals surface area contributed by atoms with E-state index in [1.165, 1.54) is 24.3 Å². The molecule has 0 aliphatic heterocycles. The van der Waals surface area contributed by atoms with Gasteiger partial charge in [0, 0.05) is 11.0 Å². The molecule has 0 unspecified atom stereocenters. The van der Waals surface area contributed by atoms with Crippen molar-refractivity contribution >= 4 is 29.3 Å². The Hall–Kier alpha value is -1.93. The largest absolute Gasteiger partial charge is 0.478 e. The van der Waals surface area contributed by atoms with Gasteiger partial charge in [-0.15, -0.1) is 0 Å². The molecular weight excluding hydrogens is 343 g/mol. The highest BCUT2D eigenvalue weighted by molar-refractivity contribution is 8.00. The number of ether oxygens (including phenoxy) is 1. The van der Waals surface area contributed by atoms with Crippen molar-refractivity contribution in [3.8, 4) is 11.6 Å². The molecule has 0 atom stereocenters. The molecule has 0 radical (unpaired) electrons. The van der Waals surface area contributed by atoms with Crippen molar-refractivity contribution in [2.24, 2.45) is 0 Å². The molecule has 1 aromatic carbocycles. The van der Waals surface area contributed by atoms with Gasteiger partial charge in [0.25, 0.3) is 0 Å².